The molecule has 14 heavy (non-hydrogen) atoms. The number of amides is 1. The fourth-order valence-electron chi connectivity index (χ4n) is 0.845. The van der Waals surface area contributed by atoms with E-state index in [1.165, 1.54) is 0 Å². The third-order valence-corrected chi connectivity index (χ3v) is 1.64. The van der Waals surface area contributed by atoms with Crippen molar-refractivity contribution < 1.29 is 4.79 Å². The van der Waals surface area contributed by atoms with Crippen molar-refractivity contribution in [2.75, 3.05) is 27.2 Å². The molecule has 0 aromatic rings. The summed E-state index contributed by atoms with van der Waals surface area (Å²) in [6.07, 6.45) is 2.75. The first-order chi connectivity index (χ1) is 6.66. The van der Waals surface area contributed by atoms with Crippen LogP contribution in [0.25, 0.3) is 0 Å². The van der Waals surface area contributed by atoms with Crippen molar-refractivity contribution in [3.05, 3.63) is 0 Å². The van der Waals surface area contributed by atoms with E-state index in [0.29, 0.717) is 6.42 Å². The summed E-state index contributed by atoms with van der Waals surface area (Å²) in [5.74, 6) is 0.179. The van der Waals surface area contributed by atoms with E-state index in [1.54, 1.807) is 0 Å². The molecular formula is C11H26N2O. The number of hydrogen-bond donors (Lipinski definition) is 1. The molecule has 1 N–H and O–H groups in total. The number of carbonyl (C=O) groups is 1. The van der Waals surface area contributed by atoms with Crippen molar-refractivity contribution in [1.82, 2.24) is 10.2 Å². The molecule has 0 fully saturated rings. The van der Waals surface area contributed by atoms with Crippen molar-refractivity contribution in [2.45, 2.75) is 40.0 Å². The highest BCUT2D eigenvalue weighted by molar-refractivity contribution is 5.75. The van der Waals surface area contributed by atoms with Gasteiger partial charge in [0.05, 0.1) is 0 Å². The minimum absolute atomic E-state index is 0.179. The molecule has 86 valence electrons. The summed E-state index contributed by atoms with van der Waals surface area (Å²) in [4.78, 5) is 13.1. The Morgan fingerprint density at radius 2 is 1.86 bits per heavy atom. The molecule has 0 radical (unpaired) electrons. The fraction of sp³-hybridized carbons (Fsp3) is 0.909. The van der Waals surface area contributed by atoms with E-state index in [-0.39, 0.29) is 5.91 Å². The normalized spacial score (nSPS) is 9.29. The van der Waals surface area contributed by atoms with E-state index < -0.39 is 0 Å². The Morgan fingerprint density at radius 1 is 1.29 bits per heavy atom. The minimum Gasteiger partial charge on any atom is -0.355 e. The van der Waals surface area contributed by atoms with Crippen LogP contribution in [0.5, 0.6) is 0 Å². The van der Waals surface area contributed by atoms with Gasteiger partial charge in [-0.15, -0.1) is 0 Å². The van der Waals surface area contributed by atoms with Crippen LogP contribution in [-0.2, 0) is 4.79 Å². The SMILES string of the molecule is CC.CCCCC(=O)NCCN(C)C. The Bertz CT molecular complexity index is 124. The van der Waals surface area contributed by atoms with Crippen molar-refractivity contribution in [2.24, 2.45) is 0 Å². The van der Waals surface area contributed by atoms with Crippen LogP contribution >= 0.6 is 0 Å². The molecule has 3 nitrogen and oxygen atoms in total. The number of likely N-dealkylation sites (N-methyl/N-ethyl adjacent to an activating group) is 1. The van der Waals surface area contributed by atoms with Gasteiger partial charge in [0.2, 0.25) is 5.91 Å². The smallest absolute Gasteiger partial charge is 0.220 e. The van der Waals surface area contributed by atoms with Crippen LogP contribution in [0.15, 0.2) is 0 Å². The fourth-order valence-corrected chi connectivity index (χ4v) is 0.845. The van der Waals surface area contributed by atoms with Gasteiger partial charge in [0, 0.05) is 19.5 Å². The Morgan fingerprint density at radius 3 is 2.29 bits per heavy atom. The molecular weight excluding hydrogens is 176 g/mol. The van der Waals surface area contributed by atoms with E-state index in [0.717, 1.165) is 25.9 Å². The van der Waals surface area contributed by atoms with Gasteiger partial charge in [-0.2, -0.15) is 0 Å². The standard InChI is InChI=1S/C9H20N2O.C2H6/c1-4-5-6-9(12)10-7-8-11(2)3;1-2/h4-8H2,1-3H3,(H,10,12);1-2H3. The van der Waals surface area contributed by atoms with E-state index in [2.05, 4.69) is 17.1 Å². The maximum Gasteiger partial charge on any atom is 0.220 e. The lowest BCUT2D eigenvalue weighted by molar-refractivity contribution is -0.121. The Hall–Kier alpha value is -0.570. The predicted molar refractivity (Wildman–Crippen MR) is 62.4 cm³/mol. The second-order valence-electron chi connectivity index (χ2n) is 3.26. The highest BCUT2D eigenvalue weighted by Crippen LogP contribution is 1.92. The minimum atomic E-state index is 0.179. The highest BCUT2D eigenvalue weighted by atomic mass is 16.1. The van der Waals surface area contributed by atoms with Gasteiger partial charge >= 0.3 is 0 Å². The lowest BCUT2D eigenvalue weighted by Crippen LogP contribution is -2.31. The van der Waals surface area contributed by atoms with Crippen LogP contribution in [0, 0.1) is 0 Å². The Labute approximate surface area is 88.9 Å². The van der Waals surface area contributed by atoms with Crippen LogP contribution in [0.4, 0.5) is 0 Å². The van der Waals surface area contributed by atoms with Gasteiger partial charge in [0.1, 0.15) is 0 Å². The van der Waals surface area contributed by atoms with Gasteiger partial charge in [0.25, 0.3) is 0 Å². The van der Waals surface area contributed by atoms with Crippen LogP contribution in [0.3, 0.4) is 0 Å². The summed E-state index contributed by atoms with van der Waals surface area (Å²) >= 11 is 0. The van der Waals surface area contributed by atoms with Crippen LogP contribution < -0.4 is 5.32 Å². The molecule has 1 amide bonds. The van der Waals surface area contributed by atoms with Gasteiger partial charge in [-0.3, -0.25) is 4.79 Å². The van der Waals surface area contributed by atoms with Gasteiger partial charge in [-0.05, 0) is 20.5 Å². The summed E-state index contributed by atoms with van der Waals surface area (Å²) in [5, 5.41) is 2.87. The van der Waals surface area contributed by atoms with Crippen molar-refractivity contribution in [3.8, 4) is 0 Å². The molecule has 0 heterocycles. The van der Waals surface area contributed by atoms with Crippen molar-refractivity contribution in [1.29, 1.82) is 0 Å². The molecule has 0 aromatic carbocycles. The topological polar surface area (TPSA) is 32.3 Å². The van der Waals surface area contributed by atoms with Gasteiger partial charge in [0.15, 0.2) is 0 Å². The molecule has 0 unspecified atom stereocenters. The number of hydrogen-bond acceptors (Lipinski definition) is 2. The summed E-state index contributed by atoms with van der Waals surface area (Å²) in [6.45, 7) is 7.76. The van der Waals surface area contributed by atoms with Crippen LogP contribution in [0.1, 0.15) is 40.0 Å². The third kappa shape index (κ3) is 14.0. The molecule has 0 bridgehead atoms. The first kappa shape index (κ1) is 15.9. The number of nitrogens with one attached hydrogen (secondary N) is 1. The number of carbonyl (C=O) groups excluding carboxylic acids is 1. The second kappa shape index (κ2) is 12.4. The van der Waals surface area contributed by atoms with Gasteiger partial charge < -0.3 is 10.2 Å². The summed E-state index contributed by atoms with van der Waals surface area (Å²) < 4.78 is 0. The second-order valence-corrected chi connectivity index (χ2v) is 3.26. The highest BCUT2D eigenvalue weighted by Gasteiger charge is 1.98. The maximum atomic E-state index is 11.1. The summed E-state index contributed by atoms with van der Waals surface area (Å²) in [7, 11) is 4.00. The zero-order chi connectivity index (χ0) is 11.4. The van der Waals surface area contributed by atoms with E-state index in [4.69, 9.17) is 0 Å². The van der Waals surface area contributed by atoms with Gasteiger partial charge in [-0.25, -0.2) is 0 Å². The first-order valence-electron chi connectivity index (χ1n) is 5.58. The number of nitrogens with zero attached hydrogens (tertiary/aromatic N) is 1. The monoisotopic (exact) mass is 202 g/mol. The first-order valence-corrected chi connectivity index (χ1v) is 5.58. The largest absolute Gasteiger partial charge is 0.355 e. The summed E-state index contributed by atoms with van der Waals surface area (Å²) in [5.41, 5.74) is 0. The lowest BCUT2D eigenvalue weighted by atomic mass is 10.2. The molecule has 0 aliphatic carbocycles. The quantitative estimate of drug-likeness (QED) is 0.713. The zero-order valence-corrected chi connectivity index (χ0v) is 10.4. The molecule has 0 rings (SSSR count). The molecule has 0 atom stereocenters. The molecule has 0 saturated carbocycles. The van der Waals surface area contributed by atoms with E-state index in [1.807, 2.05) is 27.9 Å². The molecule has 0 saturated heterocycles. The van der Waals surface area contributed by atoms with Gasteiger partial charge in [-0.1, -0.05) is 27.2 Å². The third-order valence-electron chi connectivity index (χ3n) is 1.64. The van der Waals surface area contributed by atoms with Crippen LogP contribution in [-0.4, -0.2) is 38.0 Å². The molecule has 0 aliphatic heterocycles. The molecule has 0 spiro atoms. The van der Waals surface area contributed by atoms with E-state index >= 15 is 0 Å². The predicted octanol–water partition coefficient (Wildman–Crippen LogP) is 1.88. The number of rotatable bonds is 6. The van der Waals surface area contributed by atoms with Crippen LogP contribution in [0.2, 0.25) is 0 Å². The molecule has 0 aromatic heterocycles. The Balaban J connectivity index is 0. The van der Waals surface area contributed by atoms with E-state index in [9.17, 15) is 4.79 Å². The Kier molecular flexibility index (Phi) is 14.1. The average Bonchev–Trinajstić information content (AvgIpc) is 2.17. The zero-order valence-electron chi connectivity index (χ0n) is 10.4. The van der Waals surface area contributed by atoms with Crippen molar-refractivity contribution >= 4 is 5.91 Å². The lowest BCUT2D eigenvalue weighted by Gasteiger charge is -2.09. The molecule has 0 aliphatic rings. The average molecular weight is 202 g/mol. The van der Waals surface area contributed by atoms with Crippen molar-refractivity contribution in [3.63, 3.8) is 0 Å². The maximum absolute atomic E-state index is 11.1. The number of unbranched alkanes of at least 4 members (excludes halogenated alkanes) is 1. The molecule has 3 heteroatoms. The summed E-state index contributed by atoms with van der Waals surface area (Å²) in [6, 6.07) is 0.